The third kappa shape index (κ3) is 3.33. The molecular weight excluding hydrogens is 252 g/mol. The molecule has 4 nitrogen and oxygen atoms in total. The summed E-state index contributed by atoms with van der Waals surface area (Å²) in [5.74, 6) is 0.550. The minimum Gasteiger partial charge on any atom is -0.344 e. The van der Waals surface area contributed by atoms with Crippen LogP contribution < -0.4 is 5.32 Å². The summed E-state index contributed by atoms with van der Waals surface area (Å²) < 4.78 is 0. The summed E-state index contributed by atoms with van der Waals surface area (Å²) in [5, 5.41) is 3.00. The number of nitrogens with zero attached hydrogens (tertiary/aromatic N) is 1. The first-order valence-corrected chi connectivity index (χ1v) is 8.27. The largest absolute Gasteiger partial charge is 0.344 e. The Hall–Kier alpha value is -1.06. The molecule has 0 spiro atoms. The second-order valence-corrected chi connectivity index (χ2v) is 6.20. The summed E-state index contributed by atoms with van der Waals surface area (Å²) >= 11 is 0. The number of nitrogens with one attached hydrogen (secondary N) is 1. The van der Waals surface area contributed by atoms with E-state index >= 15 is 0 Å². The van der Waals surface area contributed by atoms with Crippen LogP contribution in [0.5, 0.6) is 0 Å². The molecule has 1 atom stereocenters. The van der Waals surface area contributed by atoms with E-state index in [1.165, 1.54) is 19.3 Å². The highest BCUT2D eigenvalue weighted by Crippen LogP contribution is 2.29. The molecule has 1 saturated heterocycles. The van der Waals surface area contributed by atoms with Crippen LogP contribution in [0.2, 0.25) is 0 Å². The van der Waals surface area contributed by atoms with Crippen LogP contribution in [-0.4, -0.2) is 35.3 Å². The van der Waals surface area contributed by atoms with Gasteiger partial charge in [0.05, 0.1) is 0 Å². The fourth-order valence-corrected chi connectivity index (χ4v) is 3.70. The molecule has 20 heavy (non-hydrogen) atoms. The second kappa shape index (κ2) is 7.09. The number of amides is 2. The standard InChI is InChI=1S/C16H28N2O2/c1-3-13(4-2)18-11-10-14(19)17-15(16(18)20)12-8-6-5-7-9-12/h12-13,15H,3-11H2,1-2H3,(H,17,19). The second-order valence-electron chi connectivity index (χ2n) is 6.20. The SMILES string of the molecule is CCC(CC)N1CCC(=O)NC(C2CCCCC2)C1=O. The van der Waals surface area contributed by atoms with Gasteiger partial charge in [-0.2, -0.15) is 0 Å². The van der Waals surface area contributed by atoms with Crippen molar-refractivity contribution in [3.05, 3.63) is 0 Å². The summed E-state index contributed by atoms with van der Waals surface area (Å²) in [5.41, 5.74) is 0. The fraction of sp³-hybridized carbons (Fsp3) is 0.875. The van der Waals surface area contributed by atoms with Gasteiger partial charge in [0.25, 0.3) is 0 Å². The quantitative estimate of drug-likeness (QED) is 0.860. The molecule has 2 fully saturated rings. The molecule has 2 aliphatic rings. The first-order chi connectivity index (χ1) is 9.67. The number of hydrogen-bond acceptors (Lipinski definition) is 2. The van der Waals surface area contributed by atoms with Gasteiger partial charge in [0.15, 0.2) is 0 Å². The van der Waals surface area contributed by atoms with Crippen molar-refractivity contribution in [3.8, 4) is 0 Å². The van der Waals surface area contributed by atoms with Crippen molar-refractivity contribution in [2.24, 2.45) is 5.92 Å². The topological polar surface area (TPSA) is 49.4 Å². The van der Waals surface area contributed by atoms with Gasteiger partial charge >= 0.3 is 0 Å². The predicted octanol–water partition coefficient (Wildman–Crippen LogP) is 2.47. The van der Waals surface area contributed by atoms with Gasteiger partial charge in [-0.25, -0.2) is 0 Å². The molecule has 2 rings (SSSR count). The Kier molecular flexibility index (Phi) is 5.44. The van der Waals surface area contributed by atoms with Crippen LogP contribution in [0.4, 0.5) is 0 Å². The molecule has 0 bridgehead atoms. The number of carbonyl (C=O) groups excluding carboxylic acids is 2. The van der Waals surface area contributed by atoms with Crippen LogP contribution in [0.15, 0.2) is 0 Å². The normalized spacial score (nSPS) is 25.8. The zero-order valence-corrected chi connectivity index (χ0v) is 12.9. The van der Waals surface area contributed by atoms with Crippen LogP contribution in [0.3, 0.4) is 0 Å². The van der Waals surface area contributed by atoms with Gasteiger partial charge in [-0.3, -0.25) is 9.59 Å². The Morgan fingerprint density at radius 1 is 1.15 bits per heavy atom. The molecule has 0 aromatic heterocycles. The maximum absolute atomic E-state index is 12.9. The molecule has 114 valence electrons. The van der Waals surface area contributed by atoms with E-state index in [2.05, 4.69) is 19.2 Å². The first kappa shape index (κ1) is 15.3. The van der Waals surface area contributed by atoms with Gasteiger partial charge < -0.3 is 10.2 Å². The van der Waals surface area contributed by atoms with Crippen molar-refractivity contribution in [1.29, 1.82) is 0 Å². The minimum absolute atomic E-state index is 0.0439. The first-order valence-electron chi connectivity index (χ1n) is 8.27. The molecular formula is C16H28N2O2. The fourth-order valence-electron chi connectivity index (χ4n) is 3.70. The van der Waals surface area contributed by atoms with Crippen molar-refractivity contribution in [1.82, 2.24) is 10.2 Å². The van der Waals surface area contributed by atoms with E-state index in [-0.39, 0.29) is 23.9 Å². The van der Waals surface area contributed by atoms with Gasteiger partial charge in [-0.05, 0) is 31.6 Å². The van der Waals surface area contributed by atoms with Crippen LogP contribution in [0.1, 0.15) is 65.2 Å². The van der Waals surface area contributed by atoms with E-state index < -0.39 is 0 Å². The van der Waals surface area contributed by atoms with Crippen LogP contribution >= 0.6 is 0 Å². The maximum Gasteiger partial charge on any atom is 0.245 e. The zero-order valence-electron chi connectivity index (χ0n) is 12.9. The van der Waals surface area contributed by atoms with E-state index in [0.717, 1.165) is 25.7 Å². The van der Waals surface area contributed by atoms with Crippen molar-refractivity contribution >= 4 is 11.8 Å². The highest BCUT2D eigenvalue weighted by Gasteiger charge is 2.37. The molecule has 1 unspecified atom stereocenters. The van der Waals surface area contributed by atoms with Crippen molar-refractivity contribution in [2.45, 2.75) is 77.3 Å². The highest BCUT2D eigenvalue weighted by molar-refractivity contribution is 5.90. The minimum atomic E-state index is -0.272. The van der Waals surface area contributed by atoms with Gasteiger partial charge in [0, 0.05) is 19.0 Å². The van der Waals surface area contributed by atoms with Crippen molar-refractivity contribution in [3.63, 3.8) is 0 Å². The molecule has 1 saturated carbocycles. The van der Waals surface area contributed by atoms with E-state index in [1.807, 2.05) is 4.90 Å². The molecule has 1 aliphatic carbocycles. The van der Waals surface area contributed by atoms with Crippen LogP contribution in [-0.2, 0) is 9.59 Å². The van der Waals surface area contributed by atoms with Crippen LogP contribution in [0.25, 0.3) is 0 Å². The van der Waals surface area contributed by atoms with Crippen LogP contribution in [0, 0.1) is 5.92 Å². The smallest absolute Gasteiger partial charge is 0.245 e. The number of rotatable bonds is 4. The summed E-state index contributed by atoms with van der Waals surface area (Å²) in [6, 6.07) is 0.00666. The third-order valence-corrected chi connectivity index (χ3v) is 4.95. The average molecular weight is 280 g/mol. The van der Waals surface area contributed by atoms with Gasteiger partial charge in [0.1, 0.15) is 6.04 Å². The molecule has 0 aromatic carbocycles. The molecule has 1 N–H and O–H groups in total. The lowest BCUT2D eigenvalue weighted by Gasteiger charge is -2.35. The molecule has 0 aromatic rings. The summed E-state index contributed by atoms with van der Waals surface area (Å²) in [7, 11) is 0. The summed E-state index contributed by atoms with van der Waals surface area (Å²) in [6.45, 7) is 4.83. The monoisotopic (exact) mass is 280 g/mol. The Morgan fingerprint density at radius 3 is 2.40 bits per heavy atom. The lowest BCUT2D eigenvalue weighted by atomic mass is 9.83. The molecule has 0 radical (unpaired) electrons. The lowest BCUT2D eigenvalue weighted by molar-refractivity contribution is -0.137. The zero-order chi connectivity index (χ0) is 14.5. The summed E-state index contributed by atoms with van der Waals surface area (Å²) in [6.07, 6.45) is 8.18. The van der Waals surface area contributed by atoms with Gasteiger partial charge in [-0.15, -0.1) is 0 Å². The average Bonchev–Trinajstić information content (AvgIpc) is 2.62. The number of carbonyl (C=O) groups is 2. The van der Waals surface area contributed by atoms with E-state index in [9.17, 15) is 9.59 Å². The number of hydrogen-bond donors (Lipinski definition) is 1. The molecule has 1 aliphatic heterocycles. The highest BCUT2D eigenvalue weighted by atomic mass is 16.2. The van der Waals surface area contributed by atoms with E-state index in [1.54, 1.807) is 0 Å². The van der Waals surface area contributed by atoms with E-state index in [0.29, 0.717) is 18.9 Å². The molecule has 4 heteroatoms. The van der Waals surface area contributed by atoms with E-state index in [4.69, 9.17) is 0 Å². The predicted molar refractivity (Wildman–Crippen MR) is 79.2 cm³/mol. The molecule has 2 amide bonds. The van der Waals surface area contributed by atoms with Gasteiger partial charge in [-0.1, -0.05) is 33.1 Å². The summed E-state index contributed by atoms with van der Waals surface area (Å²) in [4.78, 5) is 26.8. The Bertz CT molecular complexity index is 346. The lowest BCUT2D eigenvalue weighted by Crippen LogP contribution is -2.51. The van der Waals surface area contributed by atoms with Crippen molar-refractivity contribution < 1.29 is 9.59 Å². The Balaban J connectivity index is 2.15. The van der Waals surface area contributed by atoms with Gasteiger partial charge in [0.2, 0.25) is 11.8 Å². The Labute approximate surface area is 122 Å². The maximum atomic E-state index is 12.9. The Morgan fingerprint density at radius 2 is 1.80 bits per heavy atom. The third-order valence-electron chi connectivity index (χ3n) is 4.95. The van der Waals surface area contributed by atoms with Crippen molar-refractivity contribution in [2.75, 3.05) is 6.54 Å². The molecule has 1 heterocycles.